The van der Waals surface area contributed by atoms with Gasteiger partial charge in [-0.3, -0.25) is 0 Å². The maximum atomic E-state index is 9.63. The molecular formula is C13H11ClO2. The van der Waals surface area contributed by atoms with Crippen molar-refractivity contribution in [1.29, 1.82) is 0 Å². The van der Waals surface area contributed by atoms with E-state index in [0.29, 0.717) is 10.6 Å². The van der Waals surface area contributed by atoms with Crippen molar-refractivity contribution in [3.63, 3.8) is 0 Å². The summed E-state index contributed by atoms with van der Waals surface area (Å²) < 4.78 is 0. The highest BCUT2D eigenvalue weighted by Gasteiger charge is 2.09. The lowest BCUT2D eigenvalue weighted by atomic mass is 9.99. The van der Waals surface area contributed by atoms with E-state index in [4.69, 9.17) is 11.6 Å². The van der Waals surface area contributed by atoms with Gasteiger partial charge in [-0.05, 0) is 36.2 Å². The molecule has 16 heavy (non-hydrogen) atoms. The van der Waals surface area contributed by atoms with Crippen molar-refractivity contribution in [3.05, 3.63) is 47.0 Å². The van der Waals surface area contributed by atoms with Gasteiger partial charge in [-0.25, -0.2) is 0 Å². The maximum absolute atomic E-state index is 9.63. The third-order valence-corrected chi connectivity index (χ3v) is 2.78. The van der Waals surface area contributed by atoms with Crippen LogP contribution in [0.15, 0.2) is 36.4 Å². The lowest BCUT2D eigenvalue weighted by molar-refractivity contribution is 0.401. The lowest BCUT2D eigenvalue weighted by Crippen LogP contribution is -1.84. The van der Waals surface area contributed by atoms with Gasteiger partial charge < -0.3 is 10.2 Å². The van der Waals surface area contributed by atoms with E-state index in [1.54, 1.807) is 19.1 Å². The zero-order valence-electron chi connectivity index (χ0n) is 8.74. The number of rotatable bonds is 1. The van der Waals surface area contributed by atoms with Gasteiger partial charge in [0.05, 0.1) is 0 Å². The van der Waals surface area contributed by atoms with Crippen LogP contribution < -0.4 is 0 Å². The van der Waals surface area contributed by atoms with Crippen LogP contribution in [0.2, 0.25) is 5.02 Å². The first-order valence-corrected chi connectivity index (χ1v) is 5.25. The molecule has 0 atom stereocenters. The Hall–Kier alpha value is -1.67. The minimum atomic E-state index is -0.108. The van der Waals surface area contributed by atoms with Gasteiger partial charge in [0.15, 0.2) is 11.5 Å². The van der Waals surface area contributed by atoms with Crippen molar-refractivity contribution in [2.45, 2.75) is 6.92 Å². The largest absolute Gasteiger partial charge is 0.504 e. The van der Waals surface area contributed by atoms with E-state index in [0.717, 1.165) is 11.1 Å². The molecule has 82 valence electrons. The first-order valence-electron chi connectivity index (χ1n) is 4.87. The minimum absolute atomic E-state index is 0.0857. The Morgan fingerprint density at radius 1 is 1.06 bits per heavy atom. The van der Waals surface area contributed by atoms with Crippen LogP contribution in [-0.4, -0.2) is 10.2 Å². The Bertz CT molecular complexity index is 535. The van der Waals surface area contributed by atoms with Crippen LogP contribution in [0, 0.1) is 6.92 Å². The van der Waals surface area contributed by atoms with Crippen molar-refractivity contribution in [1.82, 2.24) is 0 Å². The molecule has 2 N–H and O–H groups in total. The summed E-state index contributed by atoms with van der Waals surface area (Å²) in [7, 11) is 0. The zero-order chi connectivity index (χ0) is 11.7. The molecule has 0 saturated carbocycles. The van der Waals surface area contributed by atoms with Gasteiger partial charge in [0.25, 0.3) is 0 Å². The van der Waals surface area contributed by atoms with E-state index in [1.165, 1.54) is 6.07 Å². The summed E-state index contributed by atoms with van der Waals surface area (Å²) >= 11 is 5.91. The quantitative estimate of drug-likeness (QED) is 0.739. The molecule has 2 aromatic rings. The molecule has 0 fully saturated rings. The summed E-state index contributed by atoms with van der Waals surface area (Å²) in [4.78, 5) is 0. The van der Waals surface area contributed by atoms with E-state index in [2.05, 4.69) is 0 Å². The van der Waals surface area contributed by atoms with Crippen LogP contribution in [0.4, 0.5) is 0 Å². The van der Waals surface area contributed by atoms with Crippen molar-refractivity contribution >= 4 is 11.6 Å². The standard InChI is InChI=1S/C13H11ClO2/c1-8-11(5-6-12(15)13(8)16)9-3-2-4-10(14)7-9/h2-7,15-16H,1H3. The van der Waals surface area contributed by atoms with Crippen LogP contribution >= 0.6 is 11.6 Å². The van der Waals surface area contributed by atoms with E-state index in [-0.39, 0.29) is 11.5 Å². The van der Waals surface area contributed by atoms with E-state index in [1.807, 2.05) is 18.2 Å². The summed E-state index contributed by atoms with van der Waals surface area (Å²) in [6, 6.07) is 10.6. The molecule has 0 aliphatic carbocycles. The second kappa shape index (κ2) is 4.06. The van der Waals surface area contributed by atoms with Crippen molar-refractivity contribution in [2.75, 3.05) is 0 Å². The Morgan fingerprint density at radius 2 is 1.81 bits per heavy atom. The fourth-order valence-corrected chi connectivity index (χ4v) is 1.84. The number of benzene rings is 2. The minimum Gasteiger partial charge on any atom is -0.504 e. The summed E-state index contributed by atoms with van der Waals surface area (Å²) in [6.07, 6.45) is 0. The molecule has 0 bridgehead atoms. The van der Waals surface area contributed by atoms with Gasteiger partial charge in [0, 0.05) is 10.6 Å². The third-order valence-electron chi connectivity index (χ3n) is 2.55. The van der Waals surface area contributed by atoms with Crippen LogP contribution in [-0.2, 0) is 0 Å². The van der Waals surface area contributed by atoms with Crippen molar-refractivity contribution in [2.24, 2.45) is 0 Å². The number of phenolic OH excluding ortho intramolecular Hbond substituents is 2. The summed E-state index contributed by atoms with van der Waals surface area (Å²) in [6.45, 7) is 1.76. The Kier molecular flexibility index (Phi) is 2.75. The molecule has 0 unspecified atom stereocenters. The van der Waals surface area contributed by atoms with Crippen LogP contribution in [0.5, 0.6) is 11.5 Å². The average Bonchev–Trinajstić information content (AvgIpc) is 2.26. The monoisotopic (exact) mass is 234 g/mol. The number of hydrogen-bond donors (Lipinski definition) is 2. The molecule has 0 aromatic heterocycles. The Labute approximate surface area is 98.7 Å². The van der Waals surface area contributed by atoms with Crippen molar-refractivity contribution in [3.8, 4) is 22.6 Å². The van der Waals surface area contributed by atoms with E-state index in [9.17, 15) is 10.2 Å². The Balaban J connectivity index is 2.61. The fraction of sp³-hybridized carbons (Fsp3) is 0.0769. The highest BCUT2D eigenvalue weighted by molar-refractivity contribution is 6.30. The highest BCUT2D eigenvalue weighted by Crippen LogP contribution is 2.36. The maximum Gasteiger partial charge on any atom is 0.161 e. The van der Waals surface area contributed by atoms with Gasteiger partial charge in [-0.1, -0.05) is 29.8 Å². The second-order valence-corrected chi connectivity index (χ2v) is 4.05. The Morgan fingerprint density at radius 3 is 2.50 bits per heavy atom. The molecule has 2 rings (SSSR count). The molecule has 0 saturated heterocycles. The number of halogens is 1. The number of aromatic hydroxyl groups is 2. The molecule has 0 spiro atoms. The molecule has 0 aliphatic heterocycles. The summed E-state index contributed by atoms with van der Waals surface area (Å²) in [5, 5.41) is 19.6. The van der Waals surface area contributed by atoms with E-state index >= 15 is 0 Å². The summed E-state index contributed by atoms with van der Waals surface area (Å²) in [5.41, 5.74) is 2.42. The second-order valence-electron chi connectivity index (χ2n) is 3.62. The predicted octanol–water partition coefficient (Wildman–Crippen LogP) is 3.73. The molecule has 3 heteroatoms. The fourth-order valence-electron chi connectivity index (χ4n) is 1.65. The molecule has 0 radical (unpaired) electrons. The molecule has 0 aliphatic rings. The topological polar surface area (TPSA) is 40.5 Å². The normalized spacial score (nSPS) is 10.4. The van der Waals surface area contributed by atoms with Crippen LogP contribution in [0.25, 0.3) is 11.1 Å². The lowest BCUT2D eigenvalue weighted by Gasteiger charge is -2.09. The van der Waals surface area contributed by atoms with Gasteiger partial charge >= 0.3 is 0 Å². The predicted molar refractivity (Wildman–Crippen MR) is 65.0 cm³/mol. The first kappa shape index (κ1) is 10.8. The molecule has 2 aromatic carbocycles. The summed E-state index contributed by atoms with van der Waals surface area (Å²) in [5.74, 6) is -0.194. The van der Waals surface area contributed by atoms with Gasteiger partial charge in [0.1, 0.15) is 0 Å². The van der Waals surface area contributed by atoms with Gasteiger partial charge in [0.2, 0.25) is 0 Å². The zero-order valence-corrected chi connectivity index (χ0v) is 9.49. The number of phenols is 2. The van der Waals surface area contributed by atoms with E-state index < -0.39 is 0 Å². The number of hydrogen-bond acceptors (Lipinski definition) is 2. The van der Waals surface area contributed by atoms with Crippen LogP contribution in [0.1, 0.15) is 5.56 Å². The smallest absolute Gasteiger partial charge is 0.161 e. The molecule has 0 heterocycles. The molecule has 2 nitrogen and oxygen atoms in total. The average molecular weight is 235 g/mol. The SMILES string of the molecule is Cc1c(-c2cccc(Cl)c2)ccc(O)c1O. The van der Waals surface area contributed by atoms with Gasteiger partial charge in [-0.2, -0.15) is 0 Å². The van der Waals surface area contributed by atoms with Crippen LogP contribution in [0.3, 0.4) is 0 Å². The molecule has 0 amide bonds. The van der Waals surface area contributed by atoms with Crippen molar-refractivity contribution < 1.29 is 10.2 Å². The van der Waals surface area contributed by atoms with Gasteiger partial charge in [-0.15, -0.1) is 0 Å². The third kappa shape index (κ3) is 1.84. The highest BCUT2D eigenvalue weighted by atomic mass is 35.5. The first-order chi connectivity index (χ1) is 7.59. The molecular weight excluding hydrogens is 224 g/mol.